The van der Waals surface area contributed by atoms with Crippen LogP contribution in [0.5, 0.6) is 0 Å². The number of carboxylic acid groups (broad SMARTS) is 1. The van der Waals surface area contributed by atoms with Crippen LogP contribution in [0.25, 0.3) is 11.3 Å². The Morgan fingerprint density at radius 1 is 1.07 bits per heavy atom. The largest absolute Gasteiger partial charge is 0.481 e. The van der Waals surface area contributed by atoms with Gasteiger partial charge in [-0.05, 0) is 76.3 Å². The van der Waals surface area contributed by atoms with Gasteiger partial charge in [0.15, 0.2) is 0 Å². The summed E-state index contributed by atoms with van der Waals surface area (Å²) in [6, 6.07) is 4.83. The van der Waals surface area contributed by atoms with Crippen molar-refractivity contribution < 1.29 is 37.4 Å². The highest BCUT2D eigenvalue weighted by Crippen LogP contribution is 2.43. The van der Waals surface area contributed by atoms with Crippen molar-refractivity contribution in [3.05, 3.63) is 70.9 Å². The first-order valence-electron chi connectivity index (χ1n) is 14.7. The fourth-order valence-corrected chi connectivity index (χ4v) is 5.90. The van der Waals surface area contributed by atoms with Crippen LogP contribution in [0.4, 0.5) is 29.3 Å². The van der Waals surface area contributed by atoms with Crippen molar-refractivity contribution in [1.29, 1.82) is 0 Å². The second-order valence-electron chi connectivity index (χ2n) is 12.2. The zero-order chi connectivity index (χ0) is 32.5. The summed E-state index contributed by atoms with van der Waals surface area (Å²) < 4.78 is 49.0. The van der Waals surface area contributed by atoms with E-state index in [-0.39, 0.29) is 24.1 Å². The van der Waals surface area contributed by atoms with Crippen LogP contribution in [0, 0.1) is 17.5 Å². The van der Waals surface area contributed by atoms with E-state index in [9.17, 15) is 32.7 Å². The van der Waals surface area contributed by atoms with Crippen molar-refractivity contribution >= 4 is 29.3 Å². The van der Waals surface area contributed by atoms with Crippen molar-refractivity contribution in [1.82, 2.24) is 15.3 Å². The Balaban J connectivity index is 1.47. The lowest BCUT2D eigenvalue weighted by molar-refractivity contribution is -0.137. The van der Waals surface area contributed by atoms with E-state index in [2.05, 4.69) is 20.6 Å². The summed E-state index contributed by atoms with van der Waals surface area (Å²) >= 11 is 0. The van der Waals surface area contributed by atoms with Gasteiger partial charge in [-0.1, -0.05) is 6.07 Å². The molecule has 238 valence electrons. The van der Waals surface area contributed by atoms with E-state index in [0.717, 1.165) is 35.9 Å². The first-order chi connectivity index (χ1) is 21.3. The van der Waals surface area contributed by atoms with Crippen LogP contribution >= 0.6 is 0 Å². The molecule has 1 aliphatic heterocycles. The van der Waals surface area contributed by atoms with Gasteiger partial charge in [0.25, 0.3) is 5.91 Å². The van der Waals surface area contributed by atoms with Crippen LogP contribution < -0.4 is 15.5 Å². The Labute approximate surface area is 258 Å². The maximum atomic E-state index is 14.7. The van der Waals surface area contributed by atoms with E-state index in [4.69, 9.17) is 4.74 Å². The molecule has 2 aromatic heterocycles. The molecule has 13 heteroatoms. The minimum absolute atomic E-state index is 0.0944. The fourth-order valence-electron chi connectivity index (χ4n) is 5.90. The van der Waals surface area contributed by atoms with Crippen molar-refractivity contribution in [2.24, 2.45) is 0 Å². The number of anilines is 2. The normalized spacial score (nSPS) is 17.9. The van der Waals surface area contributed by atoms with Crippen LogP contribution in [-0.2, 0) is 16.0 Å². The molecule has 1 aliphatic carbocycles. The second kappa shape index (κ2) is 12.7. The average Bonchev–Trinajstić information content (AvgIpc) is 3.34. The third-order valence-electron chi connectivity index (χ3n) is 7.72. The average molecular weight is 626 g/mol. The molecule has 3 heterocycles. The lowest BCUT2D eigenvalue weighted by atomic mass is 10.0. The summed E-state index contributed by atoms with van der Waals surface area (Å²) in [7, 11) is 0. The van der Waals surface area contributed by atoms with Gasteiger partial charge in [-0.15, -0.1) is 0 Å². The number of aromatic nitrogens is 2. The molecule has 1 saturated heterocycles. The Hall–Kier alpha value is -4.68. The summed E-state index contributed by atoms with van der Waals surface area (Å²) in [6.45, 7) is 6.28. The third kappa shape index (κ3) is 7.18. The van der Waals surface area contributed by atoms with E-state index in [1.165, 1.54) is 6.20 Å². The molecule has 10 nitrogen and oxygen atoms in total. The molecule has 1 fully saturated rings. The summed E-state index contributed by atoms with van der Waals surface area (Å²) in [5.41, 5.74) is 0.0694. The molecule has 2 aliphatic rings. The molecule has 0 spiro atoms. The Morgan fingerprint density at radius 3 is 2.49 bits per heavy atom. The standard InChI is InChI=1S/C32H34F3N5O5/c1-32(2,3)45-31(44)37-18-6-5-13-40(16-18)29-19-10-9-17(14-25(41)42)27(19)36-15-24(29)39-30(43)23-12-11-22(35)28(38-23)26-20(33)7-4-8-21(26)34/h4,7-8,11-12,15,17-18H,5-6,9-10,13-14,16H2,1-3H3,(H,37,44)(H,39,43)(H,41,42)/t17?,18-/m0/s1. The molecule has 5 rings (SSSR count). The molecule has 2 amide bonds. The summed E-state index contributed by atoms with van der Waals surface area (Å²) in [4.78, 5) is 48.0. The highest BCUT2D eigenvalue weighted by atomic mass is 19.1. The fraction of sp³-hybridized carbons (Fsp3) is 0.406. The van der Waals surface area contributed by atoms with Crippen LogP contribution in [0.3, 0.4) is 0 Å². The van der Waals surface area contributed by atoms with Crippen molar-refractivity contribution in [3.8, 4) is 11.3 Å². The number of amides is 2. The molecule has 0 saturated carbocycles. The third-order valence-corrected chi connectivity index (χ3v) is 7.72. The Kier molecular flexibility index (Phi) is 8.98. The Bertz CT molecular complexity index is 1620. The van der Waals surface area contributed by atoms with Crippen LogP contribution in [0.2, 0.25) is 0 Å². The predicted molar refractivity (Wildman–Crippen MR) is 160 cm³/mol. The lowest BCUT2D eigenvalue weighted by Gasteiger charge is -2.37. The molecule has 3 N–H and O–H groups in total. The minimum Gasteiger partial charge on any atom is -0.481 e. The van der Waals surface area contributed by atoms with E-state index >= 15 is 0 Å². The van der Waals surface area contributed by atoms with E-state index in [1.54, 1.807) is 20.8 Å². The number of carbonyl (C=O) groups is 3. The number of aliphatic carboxylic acids is 1. The number of piperidine rings is 1. The molecule has 2 atom stereocenters. The van der Waals surface area contributed by atoms with Gasteiger partial charge < -0.3 is 25.4 Å². The first kappa shape index (κ1) is 31.7. The lowest BCUT2D eigenvalue weighted by Crippen LogP contribution is -2.49. The molecule has 45 heavy (non-hydrogen) atoms. The van der Waals surface area contributed by atoms with Gasteiger partial charge >= 0.3 is 12.1 Å². The summed E-state index contributed by atoms with van der Waals surface area (Å²) in [5, 5.41) is 15.1. The number of alkyl carbamates (subject to hydrolysis) is 1. The van der Waals surface area contributed by atoms with Gasteiger partial charge in [0.1, 0.15) is 34.4 Å². The first-order valence-corrected chi connectivity index (χ1v) is 14.7. The number of fused-ring (bicyclic) bond motifs is 1. The van der Waals surface area contributed by atoms with Gasteiger partial charge in [-0.25, -0.2) is 22.9 Å². The number of carboxylic acids is 1. The van der Waals surface area contributed by atoms with Crippen LogP contribution in [-0.4, -0.2) is 57.8 Å². The van der Waals surface area contributed by atoms with Crippen molar-refractivity contribution in [2.75, 3.05) is 23.3 Å². The number of nitrogens with one attached hydrogen (secondary N) is 2. The quantitative estimate of drug-likeness (QED) is 0.300. The number of hydrogen-bond acceptors (Lipinski definition) is 7. The molecule has 1 aromatic carbocycles. The van der Waals surface area contributed by atoms with Gasteiger partial charge in [-0.3, -0.25) is 14.6 Å². The minimum atomic E-state index is -1.03. The molecule has 3 aromatic rings. The zero-order valence-corrected chi connectivity index (χ0v) is 25.1. The van der Waals surface area contributed by atoms with Gasteiger partial charge in [0.05, 0.1) is 29.6 Å². The van der Waals surface area contributed by atoms with Crippen LogP contribution in [0.15, 0.2) is 36.5 Å². The highest BCUT2D eigenvalue weighted by Gasteiger charge is 2.34. The number of pyridine rings is 2. The molecular weight excluding hydrogens is 591 g/mol. The molecule has 1 unspecified atom stereocenters. The second-order valence-corrected chi connectivity index (χ2v) is 12.2. The number of ether oxygens (including phenoxy) is 1. The molecule has 0 radical (unpaired) electrons. The number of rotatable bonds is 7. The van der Waals surface area contributed by atoms with Gasteiger partial charge in [0, 0.05) is 30.7 Å². The van der Waals surface area contributed by atoms with Gasteiger partial charge in [0.2, 0.25) is 0 Å². The number of benzene rings is 1. The topological polar surface area (TPSA) is 134 Å². The van der Waals surface area contributed by atoms with E-state index < -0.39 is 52.3 Å². The van der Waals surface area contributed by atoms with E-state index in [0.29, 0.717) is 55.8 Å². The summed E-state index contributed by atoms with van der Waals surface area (Å²) in [6.07, 6.45) is 3.28. The number of nitrogens with zero attached hydrogens (tertiary/aromatic N) is 3. The number of hydrogen-bond donors (Lipinski definition) is 3. The van der Waals surface area contributed by atoms with Crippen LogP contribution in [0.1, 0.15) is 74.1 Å². The van der Waals surface area contributed by atoms with Crippen molar-refractivity contribution in [3.63, 3.8) is 0 Å². The Morgan fingerprint density at radius 2 is 1.80 bits per heavy atom. The smallest absolute Gasteiger partial charge is 0.407 e. The zero-order valence-electron chi connectivity index (χ0n) is 25.1. The van der Waals surface area contributed by atoms with Crippen molar-refractivity contribution in [2.45, 2.75) is 70.4 Å². The SMILES string of the molecule is CC(C)(C)OC(=O)N[C@H]1CCCN(c2c(NC(=O)c3ccc(F)c(-c4c(F)cccc4F)n3)cnc3c2CCC3CC(=O)O)C1. The molecule has 0 bridgehead atoms. The van der Waals surface area contributed by atoms with E-state index in [1.807, 2.05) is 4.90 Å². The maximum Gasteiger partial charge on any atom is 0.407 e. The predicted octanol–water partition coefficient (Wildman–Crippen LogP) is 5.81. The molecular formula is C32H34F3N5O5. The number of carbonyl (C=O) groups excluding carboxylic acids is 2. The monoisotopic (exact) mass is 625 g/mol. The summed E-state index contributed by atoms with van der Waals surface area (Å²) in [5.74, 6) is -5.08. The van der Waals surface area contributed by atoms with Gasteiger partial charge in [-0.2, -0.15) is 0 Å². The highest BCUT2D eigenvalue weighted by molar-refractivity contribution is 6.05. The number of halogens is 3. The maximum absolute atomic E-state index is 14.7.